The van der Waals surface area contributed by atoms with Gasteiger partial charge in [0.25, 0.3) is 5.91 Å². The highest BCUT2D eigenvalue weighted by Crippen LogP contribution is 2.19. The van der Waals surface area contributed by atoms with Crippen LogP contribution in [0, 0.1) is 0 Å². The van der Waals surface area contributed by atoms with Crippen molar-refractivity contribution in [1.29, 1.82) is 0 Å². The molecule has 0 aliphatic heterocycles. The van der Waals surface area contributed by atoms with Crippen LogP contribution in [0.3, 0.4) is 0 Å². The number of carbonyl (C=O) groups is 1. The number of aromatic amines is 1. The number of fused-ring (bicyclic) bond motifs is 1. The Morgan fingerprint density at radius 2 is 2.05 bits per heavy atom. The summed E-state index contributed by atoms with van der Waals surface area (Å²) in [7, 11) is 0. The quantitative estimate of drug-likeness (QED) is 0.759. The standard InChI is InChI=1S/C12H7BrN2O4/c13-10-4-3-8(18-10)11(16)14-6-1-2-7-9(5-6)19-12(17)15-7/h1-5H,(H,14,16)(H,15,17). The van der Waals surface area contributed by atoms with E-state index in [1.807, 2.05) is 0 Å². The lowest BCUT2D eigenvalue weighted by atomic mass is 10.3. The van der Waals surface area contributed by atoms with Gasteiger partial charge >= 0.3 is 5.76 Å². The molecule has 0 atom stereocenters. The first kappa shape index (κ1) is 11.8. The minimum absolute atomic E-state index is 0.183. The number of halogens is 1. The monoisotopic (exact) mass is 322 g/mol. The number of hydrogen-bond donors (Lipinski definition) is 2. The van der Waals surface area contributed by atoms with Crippen molar-refractivity contribution in [3.63, 3.8) is 0 Å². The first-order valence-corrected chi connectivity index (χ1v) is 6.11. The maximum Gasteiger partial charge on any atom is 0.417 e. The first-order chi connectivity index (χ1) is 9.11. The van der Waals surface area contributed by atoms with E-state index in [1.165, 1.54) is 0 Å². The van der Waals surface area contributed by atoms with Gasteiger partial charge in [-0.3, -0.25) is 9.78 Å². The molecule has 0 saturated carbocycles. The van der Waals surface area contributed by atoms with Crippen molar-refractivity contribution >= 4 is 38.6 Å². The fourth-order valence-electron chi connectivity index (χ4n) is 1.65. The Kier molecular flexibility index (Phi) is 2.75. The largest absolute Gasteiger partial charge is 0.444 e. The van der Waals surface area contributed by atoms with Crippen LogP contribution in [-0.4, -0.2) is 10.9 Å². The number of nitrogens with one attached hydrogen (secondary N) is 2. The van der Waals surface area contributed by atoms with E-state index in [2.05, 4.69) is 26.2 Å². The van der Waals surface area contributed by atoms with Crippen LogP contribution in [0.2, 0.25) is 0 Å². The normalized spacial score (nSPS) is 10.8. The molecular formula is C12H7BrN2O4. The summed E-state index contributed by atoms with van der Waals surface area (Å²) in [6.45, 7) is 0. The molecule has 0 aliphatic carbocycles. The van der Waals surface area contributed by atoms with E-state index in [1.54, 1.807) is 30.3 Å². The summed E-state index contributed by atoms with van der Waals surface area (Å²) >= 11 is 3.12. The molecule has 19 heavy (non-hydrogen) atoms. The molecule has 0 unspecified atom stereocenters. The molecule has 2 aromatic heterocycles. The molecule has 7 heteroatoms. The van der Waals surface area contributed by atoms with Crippen LogP contribution in [0.4, 0.5) is 5.69 Å². The number of aromatic nitrogens is 1. The molecule has 0 radical (unpaired) electrons. The van der Waals surface area contributed by atoms with Crippen LogP contribution < -0.4 is 11.1 Å². The molecule has 2 N–H and O–H groups in total. The smallest absolute Gasteiger partial charge is 0.417 e. The topological polar surface area (TPSA) is 88.2 Å². The highest BCUT2D eigenvalue weighted by Gasteiger charge is 2.11. The number of rotatable bonds is 2. The van der Waals surface area contributed by atoms with Crippen LogP contribution in [0.5, 0.6) is 0 Å². The molecule has 3 rings (SSSR count). The predicted molar refractivity (Wildman–Crippen MR) is 71.2 cm³/mol. The van der Waals surface area contributed by atoms with Gasteiger partial charge in [-0.25, -0.2) is 4.79 Å². The Labute approximate surface area is 114 Å². The molecule has 1 amide bonds. The molecule has 0 spiro atoms. The van der Waals surface area contributed by atoms with Gasteiger partial charge in [0.2, 0.25) is 0 Å². The van der Waals surface area contributed by atoms with Gasteiger partial charge in [-0.2, -0.15) is 0 Å². The molecule has 0 aliphatic rings. The Morgan fingerprint density at radius 1 is 1.21 bits per heavy atom. The van der Waals surface area contributed by atoms with Gasteiger partial charge < -0.3 is 14.2 Å². The predicted octanol–water partition coefficient (Wildman–Crippen LogP) is 2.73. The lowest BCUT2D eigenvalue weighted by Crippen LogP contribution is -2.10. The van der Waals surface area contributed by atoms with Gasteiger partial charge in [0.05, 0.1) is 5.52 Å². The second-order valence-corrected chi connectivity index (χ2v) is 4.56. The zero-order valence-corrected chi connectivity index (χ0v) is 11.0. The van der Waals surface area contributed by atoms with Crippen molar-refractivity contribution in [3.8, 4) is 0 Å². The molecule has 6 nitrogen and oxygen atoms in total. The van der Waals surface area contributed by atoms with E-state index in [9.17, 15) is 9.59 Å². The Bertz CT molecular complexity index is 814. The number of carbonyl (C=O) groups excluding carboxylic acids is 1. The average molecular weight is 323 g/mol. The molecule has 0 fully saturated rings. The van der Waals surface area contributed by atoms with Gasteiger partial charge in [-0.05, 0) is 40.2 Å². The minimum Gasteiger partial charge on any atom is -0.444 e. The van der Waals surface area contributed by atoms with Crippen LogP contribution in [0.25, 0.3) is 11.1 Å². The Morgan fingerprint density at radius 3 is 2.79 bits per heavy atom. The summed E-state index contributed by atoms with van der Waals surface area (Å²) in [5.74, 6) is -0.737. The summed E-state index contributed by atoms with van der Waals surface area (Å²) < 4.78 is 10.5. The first-order valence-electron chi connectivity index (χ1n) is 5.31. The highest BCUT2D eigenvalue weighted by molar-refractivity contribution is 9.10. The maximum atomic E-state index is 11.8. The molecule has 0 bridgehead atoms. The van der Waals surface area contributed by atoms with Crippen molar-refractivity contribution in [3.05, 3.63) is 51.3 Å². The van der Waals surface area contributed by atoms with E-state index in [-0.39, 0.29) is 11.7 Å². The van der Waals surface area contributed by atoms with E-state index in [0.29, 0.717) is 21.5 Å². The average Bonchev–Trinajstić information content (AvgIpc) is 2.93. The molecule has 1 aromatic carbocycles. The molecule has 3 aromatic rings. The Balaban J connectivity index is 1.88. The second kappa shape index (κ2) is 4.43. The van der Waals surface area contributed by atoms with Crippen molar-refractivity contribution < 1.29 is 13.6 Å². The lowest BCUT2D eigenvalue weighted by molar-refractivity contribution is 0.0995. The van der Waals surface area contributed by atoms with Gasteiger partial charge in [-0.1, -0.05) is 0 Å². The van der Waals surface area contributed by atoms with Gasteiger partial charge in [-0.15, -0.1) is 0 Å². The number of furan rings is 1. The van der Waals surface area contributed by atoms with Crippen LogP contribution >= 0.6 is 15.9 Å². The zero-order valence-electron chi connectivity index (χ0n) is 9.40. The van der Waals surface area contributed by atoms with Crippen molar-refractivity contribution in [2.45, 2.75) is 0 Å². The van der Waals surface area contributed by atoms with Crippen LogP contribution in [0.1, 0.15) is 10.6 Å². The fourth-order valence-corrected chi connectivity index (χ4v) is 1.96. The molecular weight excluding hydrogens is 316 g/mol. The molecule has 0 saturated heterocycles. The number of amides is 1. The highest BCUT2D eigenvalue weighted by atomic mass is 79.9. The van der Waals surface area contributed by atoms with E-state index in [0.717, 1.165) is 0 Å². The number of H-pyrrole nitrogens is 1. The summed E-state index contributed by atoms with van der Waals surface area (Å²) in [6.07, 6.45) is 0. The van der Waals surface area contributed by atoms with E-state index < -0.39 is 5.76 Å². The molecule has 2 heterocycles. The number of anilines is 1. The summed E-state index contributed by atoms with van der Waals surface area (Å²) in [5.41, 5.74) is 1.46. The number of hydrogen-bond acceptors (Lipinski definition) is 4. The molecule has 96 valence electrons. The number of oxazole rings is 1. The summed E-state index contributed by atoms with van der Waals surface area (Å²) in [4.78, 5) is 25.4. The second-order valence-electron chi connectivity index (χ2n) is 3.78. The lowest BCUT2D eigenvalue weighted by Gasteiger charge is -2.02. The van der Waals surface area contributed by atoms with E-state index >= 15 is 0 Å². The van der Waals surface area contributed by atoms with Gasteiger partial charge in [0.1, 0.15) is 0 Å². The van der Waals surface area contributed by atoms with E-state index in [4.69, 9.17) is 8.83 Å². The van der Waals surface area contributed by atoms with Crippen molar-refractivity contribution in [1.82, 2.24) is 4.98 Å². The maximum absolute atomic E-state index is 11.8. The summed E-state index contributed by atoms with van der Waals surface area (Å²) in [6, 6.07) is 8.04. The zero-order chi connectivity index (χ0) is 13.4. The minimum atomic E-state index is -0.534. The third-order valence-corrected chi connectivity index (χ3v) is 2.90. The third kappa shape index (κ3) is 2.32. The Hall–Kier alpha value is -2.28. The SMILES string of the molecule is O=C(Nc1ccc2[nH]c(=O)oc2c1)c1ccc(Br)o1. The van der Waals surface area contributed by atoms with Gasteiger partial charge in [0.15, 0.2) is 16.0 Å². The fraction of sp³-hybridized carbons (Fsp3) is 0. The third-order valence-electron chi connectivity index (χ3n) is 2.48. The van der Waals surface area contributed by atoms with Gasteiger partial charge in [0, 0.05) is 11.8 Å². The van der Waals surface area contributed by atoms with Crippen molar-refractivity contribution in [2.24, 2.45) is 0 Å². The van der Waals surface area contributed by atoms with Crippen LogP contribution in [0.15, 0.2) is 48.6 Å². The van der Waals surface area contributed by atoms with Crippen molar-refractivity contribution in [2.75, 3.05) is 5.32 Å². The summed E-state index contributed by atoms with van der Waals surface area (Å²) in [5, 5.41) is 2.64. The van der Waals surface area contributed by atoms with Crippen LogP contribution in [-0.2, 0) is 0 Å². The number of benzene rings is 1.